The number of aliphatic hydroxyl groups excluding tert-OH is 1. The molecule has 0 aromatic heterocycles. The molecule has 1 saturated carbocycles. The zero-order chi connectivity index (χ0) is 13.6. The molecule has 0 bridgehead atoms. The van der Waals surface area contributed by atoms with Gasteiger partial charge in [0.1, 0.15) is 0 Å². The second-order valence-electron chi connectivity index (χ2n) is 5.67. The van der Waals surface area contributed by atoms with E-state index in [1.54, 1.807) is 7.11 Å². The molecule has 0 spiro atoms. The van der Waals surface area contributed by atoms with Crippen LogP contribution in [0.1, 0.15) is 33.6 Å². The van der Waals surface area contributed by atoms with Gasteiger partial charge in [0.2, 0.25) is 0 Å². The van der Waals surface area contributed by atoms with Gasteiger partial charge in [-0.05, 0) is 33.6 Å². The Morgan fingerprint density at radius 2 is 2.06 bits per heavy atom. The van der Waals surface area contributed by atoms with Crippen LogP contribution >= 0.6 is 0 Å². The van der Waals surface area contributed by atoms with Crippen molar-refractivity contribution in [1.82, 2.24) is 10.6 Å². The molecule has 1 aliphatic carbocycles. The minimum atomic E-state index is -0.253. The predicted molar refractivity (Wildman–Crippen MR) is 73.8 cm³/mol. The van der Waals surface area contributed by atoms with Crippen molar-refractivity contribution in [3.8, 4) is 0 Å². The summed E-state index contributed by atoms with van der Waals surface area (Å²) in [4.78, 5) is 4.51. The van der Waals surface area contributed by atoms with Crippen LogP contribution in [0.4, 0.5) is 0 Å². The third-order valence-electron chi connectivity index (χ3n) is 3.44. The highest BCUT2D eigenvalue weighted by Crippen LogP contribution is 2.44. The summed E-state index contributed by atoms with van der Waals surface area (Å²) in [6.45, 7) is 8.52. The fourth-order valence-electron chi connectivity index (χ4n) is 1.51. The van der Waals surface area contributed by atoms with Crippen molar-refractivity contribution in [2.45, 2.75) is 39.2 Å². The summed E-state index contributed by atoms with van der Waals surface area (Å²) in [5, 5.41) is 15.8. The highest BCUT2D eigenvalue weighted by molar-refractivity contribution is 5.79. The van der Waals surface area contributed by atoms with E-state index < -0.39 is 0 Å². The van der Waals surface area contributed by atoms with Gasteiger partial charge in [0.05, 0.1) is 18.8 Å². The second kappa shape index (κ2) is 6.38. The molecule has 5 heteroatoms. The van der Waals surface area contributed by atoms with Crippen LogP contribution in [0, 0.1) is 5.41 Å². The van der Waals surface area contributed by atoms with Gasteiger partial charge in [0.15, 0.2) is 5.96 Å². The molecule has 0 atom stereocenters. The average Bonchev–Trinajstić information content (AvgIpc) is 3.13. The minimum absolute atomic E-state index is 0.0902. The zero-order valence-corrected chi connectivity index (χ0v) is 12.0. The molecule has 106 valence electrons. The molecule has 1 fully saturated rings. The lowest BCUT2D eigenvalue weighted by atomic mass is 10.1. The Bertz CT molecular complexity index is 286. The first-order valence-electron chi connectivity index (χ1n) is 6.65. The van der Waals surface area contributed by atoms with Crippen molar-refractivity contribution in [2.24, 2.45) is 10.4 Å². The number of hydrogen-bond donors (Lipinski definition) is 3. The molecule has 5 nitrogen and oxygen atoms in total. The first-order chi connectivity index (χ1) is 8.47. The van der Waals surface area contributed by atoms with E-state index >= 15 is 0 Å². The molecule has 0 unspecified atom stereocenters. The molecule has 0 saturated heterocycles. The Balaban J connectivity index is 2.46. The molecule has 0 aromatic rings. The number of guanidine groups is 1. The van der Waals surface area contributed by atoms with Gasteiger partial charge in [-0.15, -0.1) is 0 Å². The van der Waals surface area contributed by atoms with Crippen molar-refractivity contribution in [2.75, 3.05) is 33.4 Å². The summed E-state index contributed by atoms with van der Waals surface area (Å²) in [6, 6.07) is 0. The minimum Gasteiger partial charge on any atom is -0.396 e. The van der Waals surface area contributed by atoms with E-state index in [4.69, 9.17) is 4.74 Å². The maximum atomic E-state index is 9.28. The Morgan fingerprint density at radius 1 is 1.39 bits per heavy atom. The lowest BCUT2D eigenvalue weighted by Gasteiger charge is -2.22. The number of nitrogens with one attached hydrogen (secondary N) is 2. The fourth-order valence-corrected chi connectivity index (χ4v) is 1.51. The molecule has 0 aliphatic heterocycles. The van der Waals surface area contributed by atoms with Crippen molar-refractivity contribution < 1.29 is 9.84 Å². The first kappa shape index (κ1) is 15.2. The quantitative estimate of drug-likeness (QED) is 0.465. The number of ether oxygens (including phenoxy) is 1. The number of hydrogen-bond acceptors (Lipinski definition) is 3. The van der Waals surface area contributed by atoms with Gasteiger partial charge < -0.3 is 20.5 Å². The van der Waals surface area contributed by atoms with E-state index in [1.165, 1.54) is 0 Å². The van der Waals surface area contributed by atoms with Gasteiger partial charge in [-0.1, -0.05) is 0 Å². The van der Waals surface area contributed by atoms with Crippen molar-refractivity contribution in [3.05, 3.63) is 0 Å². The largest absolute Gasteiger partial charge is 0.396 e. The maximum absolute atomic E-state index is 9.28. The molecular weight excluding hydrogens is 230 g/mol. The smallest absolute Gasteiger partial charge is 0.191 e. The van der Waals surface area contributed by atoms with Crippen molar-refractivity contribution in [1.29, 1.82) is 0 Å². The average molecular weight is 257 g/mol. The van der Waals surface area contributed by atoms with E-state index in [9.17, 15) is 5.11 Å². The van der Waals surface area contributed by atoms with Crippen LogP contribution in [-0.4, -0.2) is 50.0 Å². The van der Waals surface area contributed by atoms with Crippen LogP contribution in [0.3, 0.4) is 0 Å². The molecule has 1 aliphatic rings. The molecule has 3 N–H and O–H groups in total. The van der Waals surface area contributed by atoms with Crippen LogP contribution in [0.2, 0.25) is 0 Å². The van der Waals surface area contributed by atoms with E-state index in [2.05, 4.69) is 15.6 Å². The SMILES string of the molecule is CCNC(=NCC(C)(C)OC)NCC1(CO)CC1. The Hall–Kier alpha value is -0.810. The summed E-state index contributed by atoms with van der Waals surface area (Å²) >= 11 is 0. The van der Waals surface area contributed by atoms with Gasteiger partial charge in [-0.3, -0.25) is 4.99 Å². The molecule has 0 heterocycles. The van der Waals surface area contributed by atoms with Crippen LogP contribution in [-0.2, 0) is 4.74 Å². The highest BCUT2D eigenvalue weighted by atomic mass is 16.5. The topological polar surface area (TPSA) is 65.9 Å². The summed E-state index contributed by atoms with van der Waals surface area (Å²) in [6.07, 6.45) is 2.19. The number of rotatable bonds is 7. The van der Waals surface area contributed by atoms with Crippen LogP contribution in [0.25, 0.3) is 0 Å². The van der Waals surface area contributed by atoms with E-state index in [1.807, 2.05) is 20.8 Å². The van der Waals surface area contributed by atoms with Gasteiger partial charge in [-0.25, -0.2) is 0 Å². The van der Waals surface area contributed by atoms with Crippen LogP contribution < -0.4 is 10.6 Å². The number of aliphatic imine (C=N–C) groups is 1. The normalized spacial score (nSPS) is 18.6. The Labute approximate surface area is 110 Å². The van der Waals surface area contributed by atoms with Crippen LogP contribution in [0.5, 0.6) is 0 Å². The number of methoxy groups -OCH3 is 1. The van der Waals surface area contributed by atoms with Gasteiger partial charge >= 0.3 is 0 Å². The lowest BCUT2D eigenvalue weighted by Crippen LogP contribution is -2.42. The molecule has 0 radical (unpaired) electrons. The van der Waals surface area contributed by atoms with Gasteiger partial charge in [0.25, 0.3) is 0 Å². The molecule has 1 rings (SSSR count). The fraction of sp³-hybridized carbons (Fsp3) is 0.923. The Kier molecular flexibility index (Phi) is 5.41. The molecule has 0 aromatic carbocycles. The van der Waals surface area contributed by atoms with E-state index in [0.717, 1.165) is 31.9 Å². The van der Waals surface area contributed by atoms with Crippen molar-refractivity contribution in [3.63, 3.8) is 0 Å². The van der Waals surface area contributed by atoms with E-state index in [0.29, 0.717) is 6.54 Å². The lowest BCUT2D eigenvalue weighted by molar-refractivity contribution is 0.0310. The number of aliphatic hydroxyl groups is 1. The van der Waals surface area contributed by atoms with Crippen LogP contribution in [0.15, 0.2) is 4.99 Å². The Morgan fingerprint density at radius 3 is 2.50 bits per heavy atom. The first-order valence-corrected chi connectivity index (χ1v) is 6.65. The molecule has 0 amide bonds. The van der Waals surface area contributed by atoms with Gasteiger partial charge in [0, 0.05) is 25.6 Å². The summed E-state index contributed by atoms with van der Waals surface area (Å²) < 4.78 is 5.34. The van der Waals surface area contributed by atoms with E-state index in [-0.39, 0.29) is 17.6 Å². The standard InChI is InChI=1S/C13H27N3O2/c1-5-14-11(15-8-12(2,3)18-4)16-9-13(10-17)6-7-13/h17H,5-10H2,1-4H3,(H2,14,15,16). The summed E-state index contributed by atoms with van der Waals surface area (Å²) in [5.74, 6) is 0.794. The maximum Gasteiger partial charge on any atom is 0.191 e. The van der Waals surface area contributed by atoms with Crippen molar-refractivity contribution >= 4 is 5.96 Å². The molecular formula is C13H27N3O2. The highest BCUT2D eigenvalue weighted by Gasteiger charge is 2.41. The zero-order valence-electron chi connectivity index (χ0n) is 12.0. The number of nitrogens with zero attached hydrogens (tertiary/aromatic N) is 1. The predicted octanol–water partition coefficient (Wildman–Crippen LogP) is 0.739. The summed E-state index contributed by atoms with van der Waals surface area (Å²) in [7, 11) is 1.70. The monoisotopic (exact) mass is 257 g/mol. The molecule has 18 heavy (non-hydrogen) atoms. The third-order valence-corrected chi connectivity index (χ3v) is 3.44. The second-order valence-corrected chi connectivity index (χ2v) is 5.67. The third kappa shape index (κ3) is 4.82. The summed E-state index contributed by atoms with van der Waals surface area (Å²) in [5.41, 5.74) is -0.163. The van der Waals surface area contributed by atoms with Gasteiger partial charge in [-0.2, -0.15) is 0 Å².